The van der Waals surface area contributed by atoms with Crippen molar-refractivity contribution in [2.45, 2.75) is 180 Å². The average molecular weight is 1600 g/mol. The molecule has 0 spiro atoms. The monoisotopic (exact) mass is 1600 g/mol. The summed E-state index contributed by atoms with van der Waals surface area (Å²) in [5.74, 6) is -1.00. The van der Waals surface area contributed by atoms with E-state index in [9.17, 15) is 28.8 Å². The van der Waals surface area contributed by atoms with Crippen molar-refractivity contribution in [3.8, 4) is 0 Å². The summed E-state index contributed by atoms with van der Waals surface area (Å²) in [4.78, 5) is 76.8. The highest BCUT2D eigenvalue weighted by Gasteiger charge is 2.38. The van der Waals surface area contributed by atoms with Gasteiger partial charge in [-0.1, -0.05) is 128 Å². The second kappa shape index (κ2) is 53.9. The van der Waals surface area contributed by atoms with Gasteiger partial charge in [0.1, 0.15) is 6.04 Å². The number of likely N-dealkylation sites (N-methyl/N-ethyl adjacent to an activating group) is 1. The van der Waals surface area contributed by atoms with Crippen molar-refractivity contribution in [3.63, 3.8) is 0 Å². The van der Waals surface area contributed by atoms with Crippen LogP contribution in [0.4, 0.5) is 0 Å². The lowest BCUT2D eigenvalue weighted by Gasteiger charge is -2.42. The Morgan fingerprint density at radius 2 is 0.643 bits per heavy atom. The Morgan fingerprint density at radius 1 is 0.339 bits per heavy atom. The maximum atomic E-state index is 13.9. The minimum atomic E-state index is -0.804. The molecule has 0 saturated carbocycles. The third-order valence-corrected chi connectivity index (χ3v) is 20.9. The van der Waals surface area contributed by atoms with Crippen molar-refractivity contribution < 1.29 is 80.9 Å². The van der Waals surface area contributed by atoms with Crippen LogP contribution in [0.3, 0.4) is 0 Å². The number of allylic oxidation sites excluding steroid dienone is 2. The Bertz CT molecular complexity index is 3580. The molecule has 4 aromatic carbocycles. The first-order chi connectivity index (χ1) is 55.4. The molecule has 2 aliphatic rings. The largest absolute Gasteiger partial charge is 0.379 e. The number of ether oxygens (including phenoxy) is 11. The fourth-order valence-corrected chi connectivity index (χ4v) is 13.6. The summed E-state index contributed by atoms with van der Waals surface area (Å²) < 4.78 is 61.3. The summed E-state index contributed by atoms with van der Waals surface area (Å²) in [6.45, 7) is 34.8. The van der Waals surface area contributed by atoms with Crippen LogP contribution in [0.15, 0.2) is 84.9 Å². The van der Waals surface area contributed by atoms with Crippen LogP contribution in [-0.4, -0.2) is 233 Å². The normalized spacial score (nSPS) is 14.9. The quantitative estimate of drug-likeness (QED) is 0.0160. The van der Waals surface area contributed by atoms with Gasteiger partial charge in [0.25, 0.3) is 11.8 Å². The minimum absolute atomic E-state index is 0.0312. The molecule has 4 aromatic rings. The van der Waals surface area contributed by atoms with Gasteiger partial charge in [0.2, 0.25) is 23.6 Å². The lowest BCUT2D eigenvalue weighted by atomic mass is 9.63. The zero-order valence-electron chi connectivity index (χ0n) is 71.2. The predicted molar refractivity (Wildman–Crippen MR) is 454 cm³/mol. The maximum absolute atomic E-state index is 13.9. The molecule has 0 bridgehead atoms. The molecule has 115 heavy (non-hydrogen) atoms. The number of nitrogens with one attached hydrogen (secondary N) is 7. The first kappa shape index (κ1) is 96.5. The first-order valence-electron chi connectivity index (χ1n) is 41.9. The first-order valence-corrected chi connectivity index (χ1v) is 41.9. The highest BCUT2D eigenvalue weighted by Crippen LogP contribution is 2.48. The SMILES string of the molecule is CNCC(=O)NCCCOCCOCCOCCCNC(=O)CCOCCOCCOCCOCCOCCC(=O)NCCCOCCOCCOCCCNC(=O)[C@@H](CCCCNC(=O)c1ccc(/C=C(\C)c2ccc3c(c2)C(C)(C)CCC3(C)C)cc1)NC(=O)c1ccc(/C=C(\C)c2ccc3c(c2)C(C)(C)CCC3(C)C)cc1. The molecular weight excluding hydrogens is 1460 g/mol. The van der Waals surface area contributed by atoms with Crippen LogP contribution in [0.25, 0.3) is 23.3 Å². The predicted octanol–water partition coefficient (Wildman–Crippen LogP) is 11.4. The fraction of sp³-hybridized carbons (Fsp3) is 0.626. The molecule has 0 fully saturated rings. The van der Waals surface area contributed by atoms with Crippen molar-refractivity contribution in [1.82, 2.24) is 37.2 Å². The second-order valence-corrected chi connectivity index (χ2v) is 32.3. The molecule has 0 aliphatic heterocycles. The highest BCUT2D eigenvalue weighted by molar-refractivity contribution is 5.98. The van der Waals surface area contributed by atoms with Crippen LogP contribution in [0, 0.1) is 0 Å². The smallest absolute Gasteiger partial charge is 0.251 e. The van der Waals surface area contributed by atoms with Crippen LogP contribution < -0.4 is 37.2 Å². The molecule has 0 heterocycles. The lowest BCUT2D eigenvalue weighted by molar-refractivity contribution is -0.123. The van der Waals surface area contributed by atoms with Crippen LogP contribution in [0.1, 0.15) is 218 Å². The van der Waals surface area contributed by atoms with Gasteiger partial charge in [-0.15, -0.1) is 0 Å². The molecular formula is C91H139N7O17. The highest BCUT2D eigenvalue weighted by atomic mass is 16.6. The van der Waals surface area contributed by atoms with E-state index >= 15 is 0 Å². The van der Waals surface area contributed by atoms with Gasteiger partial charge in [0.15, 0.2) is 0 Å². The Kier molecular flexibility index (Phi) is 45.3. The van der Waals surface area contributed by atoms with Crippen LogP contribution in [0.2, 0.25) is 0 Å². The van der Waals surface area contributed by atoms with E-state index in [0.717, 1.165) is 42.4 Å². The third kappa shape index (κ3) is 37.9. The Hall–Kier alpha value is -7.30. The van der Waals surface area contributed by atoms with Gasteiger partial charge in [0, 0.05) is 83.1 Å². The summed E-state index contributed by atoms with van der Waals surface area (Å²) in [6.07, 6.45) is 13.7. The standard InChI is InChI=1S/C91H139N7O17/c1-69(75-27-29-77-79(66-75)90(7,8)35-33-88(77,3)4)64-71-19-23-73(24-20-71)85(102)96-37-13-12-18-81(98-86(103)74-25-21-72(22-26-74)65-70(2)76-28-30-78-80(67-76)91(9,10)36-34-89(78,5)6)87(104)97-41-17-45-108-51-57-112-55-49-106-43-15-39-94-83(100)32-47-110-53-59-114-61-63-115-62-60-113-58-52-109-46-31-82(99)93-38-14-42-105-48-54-111-56-50-107-44-16-40-95-84(101)68-92-11/h19-30,64-67,81,92H,12-18,31-63,68H2,1-11H3,(H,93,99)(H,94,100)(H,95,101)(H,96,102)(H,97,104)(H,98,103)/b69-64+,70-65+/t81-/m1/s1. The maximum Gasteiger partial charge on any atom is 0.251 e. The van der Waals surface area contributed by atoms with Crippen molar-refractivity contribution >= 4 is 58.7 Å². The minimum Gasteiger partial charge on any atom is -0.379 e. The van der Waals surface area contributed by atoms with Gasteiger partial charge in [-0.2, -0.15) is 0 Å². The van der Waals surface area contributed by atoms with Gasteiger partial charge < -0.3 is 89.3 Å². The van der Waals surface area contributed by atoms with Crippen molar-refractivity contribution in [2.24, 2.45) is 0 Å². The molecule has 0 radical (unpaired) electrons. The molecule has 6 amide bonds. The Morgan fingerprint density at radius 3 is 1.01 bits per heavy atom. The molecule has 2 aliphatic carbocycles. The molecule has 1 atom stereocenters. The molecule has 6 rings (SSSR count). The van der Waals surface area contributed by atoms with Crippen LogP contribution >= 0.6 is 0 Å². The number of fused-ring (bicyclic) bond motifs is 2. The van der Waals surface area contributed by atoms with Crippen LogP contribution in [0.5, 0.6) is 0 Å². The van der Waals surface area contributed by atoms with E-state index in [1.807, 2.05) is 36.4 Å². The molecule has 24 heteroatoms. The van der Waals surface area contributed by atoms with E-state index in [0.29, 0.717) is 228 Å². The second-order valence-electron chi connectivity index (χ2n) is 32.3. The van der Waals surface area contributed by atoms with Crippen molar-refractivity contribution in [1.29, 1.82) is 0 Å². The topological polar surface area (TPSA) is 288 Å². The lowest BCUT2D eigenvalue weighted by Crippen LogP contribution is -2.47. The third-order valence-electron chi connectivity index (χ3n) is 20.9. The number of benzene rings is 4. The molecule has 0 saturated heterocycles. The van der Waals surface area contributed by atoms with E-state index in [-0.39, 0.29) is 76.6 Å². The number of carbonyl (C=O) groups excluding carboxylic acids is 6. The van der Waals surface area contributed by atoms with Gasteiger partial charge in [-0.05, 0) is 193 Å². The van der Waals surface area contributed by atoms with E-state index in [1.165, 1.54) is 45.4 Å². The van der Waals surface area contributed by atoms with E-state index in [2.05, 4.69) is 155 Å². The zero-order chi connectivity index (χ0) is 83.0. The Balaban J connectivity index is 0.749. The summed E-state index contributed by atoms with van der Waals surface area (Å²) >= 11 is 0. The van der Waals surface area contributed by atoms with Gasteiger partial charge in [0.05, 0.1) is 125 Å². The number of carbonyl (C=O) groups is 6. The molecule has 24 nitrogen and oxygen atoms in total. The van der Waals surface area contributed by atoms with Crippen molar-refractivity contribution in [2.75, 3.05) is 192 Å². The van der Waals surface area contributed by atoms with Crippen LogP contribution in [-0.2, 0) is 92.9 Å². The molecule has 7 N–H and O–H groups in total. The Labute approximate surface area is 686 Å². The number of hydrogen-bond donors (Lipinski definition) is 7. The molecule has 0 unspecified atom stereocenters. The number of rotatable bonds is 61. The average Bonchev–Trinajstić information content (AvgIpc) is 0.760. The van der Waals surface area contributed by atoms with Gasteiger partial charge >= 0.3 is 0 Å². The fourth-order valence-electron chi connectivity index (χ4n) is 13.6. The molecule has 640 valence electrons. The number of hydrogen-bond acceptors (Lipinski definition) is 18. The molecule has 0 aromatic heterocycles. The van der Waals surface area contributed by atoms with Gasteiger partial charge in [-0.25, -0.2) is 0 Å². The zero-order valence-corrected chi connectivity index (χ0v) is 71.2. The summed E-state index contributed by atoms with van der Waals surface area (Å²) in [7, 11) is 1.73. The number of unbranched alkanes of at least 4 members (excludes halogenated alkanes) is 1. The number of amides is 6. The summed E-state index contributed by atoms with van der Waals surface area (Å²) in [5.41, 5.74) is 13.9. The van der Waals surface area contributed by atoms with E-state index in [4.69, 9.17) is 52.1 Å². The van der Waals surface area contributed by atoms with Gasteiger partial charge in [-0.3, -0.25) is 28.8 Å². The van der Waals surface area contributed by atoms with E-state index < -0.39 is 6.04 Å². The summed E-state index contributed by atoms with van der Waals surface area (Å²) in [6, 6.07) is 28.2. The van der Waals surface area contributed by atoms with E-state index in [1.54, 1.807) is 19.2 Å². The van der Waals surface area contributed by atoms with Crippen molar-refractivity contribution in [3.05, 3.63) is 141 Å². The summed E-state index contributed by atoms with van der Waals surface area (Å²) in [5, 5.41) is 20.4.